The Bertz CT molecular complexity index is 871. The molecule has 3 aromatic rings. The summed E-state index contributed by atoms with van der Waals surface area (Å²) in [5.74, 6) is 1.27. The lowest BCUT2D eigenvalue weighted by Gasteiger charge is -2.13. The van der Waals surface area contributed by atoms with Gasteiger partial charge in [-0.25, -0.2) is 4.98 Å². The lowest BCUT2D eigenvalue weighted by Crippen LogP contribution is -2.11. The maximum absolute atomic E-state index is 6.05. The minimum absolute atomic E-state index is 0.553. The zero-order valence-electron chi connectivity index (χ0n) is 14.8. The first-order valence-electron chi connectivity index (χ1n) is 8.36. The van der Waals surface area contributed by atoms with Crippen LogP contribution in [0.25, 0.3) is 11.3 Å². The van der Waals surface area contributed by atoms with E-state index in [-0.39, 0.29) is 0 Å². The van der Waals surface area contributed by atoms with Crippen LogP contribution in [0.15, 0.2) is 54.6 Å². The first-order valence-corrected chi connectivity index (χ1v) is 8.74. The van der Waals surface area contributed by atoms with Crippen LogP contribution >= 0.6 is 11.6 Å². The fourth-order valence-electron chi connectivity index (χ4n) is 2.52. The molecule has 1 aromatic heterocycles. The van der Waals surface area contributed by atoms with Crippen molar-refractivity contribution in [1.29, 1.82) is 0 Å². The topological polar surface area (TPSA) is 59.1 Å². The second-order valence-corrected chi connectivity index (χ2v) is 6.27. The number of hydrogen-bond acceptors (Lipinski definition) is 5. The lowest BCUT2D eigenvalue weighted by atomic mass is 10.1. The van der Waals surface area contributed by atoms with Crippen molar-refractivity contribution in [1.82, 2.24) is 9.97 Å². The SMILES string of the molecule is COCCNc1nc(Nc2ccc(Cl)cc2C)cc(-c2ccccc2)n1. The van der Waals surface area contributed by atoms with Gasteiger partial charge in [-0.1, -0.05) is 41.9 Å². The van der Waals surface area contributed by atoms with Crippen LogP contribution in [0.5, 0.6) is 0 Å². The average molecular weight is 369 g/mol. The summed E-state index contributed by atoms with van der Waals surface area (Å²) in [6.07, 6.45) is 0. The first kappa shape index (κ1) is 18.2. The van der Waals surface area contributed by atoms with Gasteiger partial charge in [-0.05, 0) is 30.7 Å². The number of nitrogens with zero attached hydrogens (tertiary/aromatic N) is 2. The number of aryl methyl sites for hydroxylation is 1. The van der Waals surface area contributed by atoms with E-state index in [0.29, 0.717) is 29.9 Å². The number of hydrogen-bond donors (Lipinski definition) is 2. The number of nitrogens with one attached hydrogen (secondary N) is 2. The summed E-state index contributed by atoms with van der Waals surface area (Å²) in [4.78, 5) is 9.18. The number of rotatable bonds is 7. The van der Waals surface area contributed by atoms with Crippen LogP contribution in [-0.2, 0) is 4.74 Å². The van der Waals surface area contributed by atoms with E-state index in [2.05, 4.69) is 20.6 Å². The van der Waals surface area contributed by atoms with Crippen molar-refractivity contribution >= 4 is 29.1 Å². The van der Waals surface area contributed by atoms with E-state index in [4.69, 9.17) is 16.3 Å². The Morgan fingerprint density at radius 2 is 1.85 bits per heavy atom. The highest BCUT2D eigenvalue weighted by molar-refractivity contribution is 6.30. The van der Waals surface area contributed by atoms with Crippen molar-refractivity contribution in [2.45, 2.75) is 6.92 Å². The van der Waals surface area contributed by atoms with Crippen LogP contribution < -0.4 is 10.6 Å². The molecule has 0 spiro atoms. The molecule has 6 heteroatoms. The maximum atomic E-state index is 6.05. The predicted molar refractivity (Wildman–Crippen MR) is 107 cm³/mol. The van der Waals surface area contributed by atoms with Gasteiger partial charge >= 0.3 is 0 Å². The molecular weight excluding hydrogens is 348 g/mol. The molecule has 0 amide bonds. The minimum Gasteiger partial charge on any atom is -0.383 e. The van der Waals surface area contributed by atoms with Gasteiger partial charge in [0.05, 0.1) is 12.3 Å². The maximum Gasteiger partial charge on any atom is 0.225 e. The van der Waals surface area contributed by atoms with E-state index >= 15 is 0 Å². The highest BCUT2D eigenvalue weighted by Gasteiger charge is 2.08. The predicted octanol–water partition coefficient (Wildman–Crippen LogP) is 4.91. The van der Waals surface area contributed by atoms with Gasteiger partial charge in [-0.15, -0.1) is 0 Å². The molecule has 0 saturated heterocycles. The van der Waals surface area contributed by atoms with Gasteiger partial charge < -0.3 is 15.4 Å². The summed E-state index contributed by atoms with van der Waals surface area (Å²) >= 11 is 6.05. The van der Waals surface area contributed by atoms with Crippen LogP contribution in [0.3, 0.4) is 0 Å². The second kappa shape index (κ2) is 8.65. The molecule has 0 aliphatic carbocycles. The van der Waals surface area contributed by atoms with Crippen molar-refractivity contribution in [3.63, 3.8) is 0 Å². The van der Waals surface area contributed by atoms with Crippen LogP contribution in [0.2, 0.25) is 5.02 Å². The van der Waals surface area contributed by atoms with Gasteiger partial charge in [0.15, 0.2) is 0 Å². The summed E-state index contributed by atoms with van der Waals surface area (Å²) in [6, 6.07) is 17.7. The van der Waals surface area contributed by atoms with Crippen molar-refractivity contribution in [3.8, 4) is 11.3 Å². The normalized spacial score (nSPS) is 10.6. The van der Waals surface area contributed by atoms with Gasteiger partial charge in [-0.3, -0.25) is 0 Å². The molecule has 2 N–H and O–H groups in total. The summed E-state index contributed by atoms with van der Waals surface area (Å²) < 4.78 is 5.09. The zero-order chi connectivity index (χ0) is 18.4. The Morgan fingerprint density at radius 1 is 1.04 bits per heavy atom. The van der Waals surface area contributed by atoms with E-state index in [1.165, 1.54) is 0 Å². The monoisotopic (exact) mass is 368 g/mol. The number of ether oxygens (including phenoxy) is 1. The van der Waals surface area contributed by atoms with Crippen molar-refractivity contribution < 1.29 is 4.74 Å². The van der Waals surface area contributed by atoms with Crippen LogP contribution in [0.4, 0.5) is 17.5 Å². The highest BCUT2D eigenvalue weighted by Crippen LogP contribution is 2.26. The molecule has 0 bridgehead atoms. The number of anilines is 3. The van der Waals surface area contributed by atoms with E-state index in [1.807, 2.05) is 61.5 Å². The fraction of sp³-hybridized carbons (Fsp3) is 0.200. The van der Waals surface area contributed by atoms with E-state index in [1.54, 1.807) is 7.11 Å². The zero-order valence-corrected chi connectivity index (χ0v) is 15.5. The summed E-state index contributed by atoms with van der Waals surface area (Å²) in [5, 5.41) is 7.27. The highest BCUT2D eigenvalue weighted by atomic mass is 35.5. The van der Waals surface area contributed by atoms with E-state index in [9.17, 15) is 0 Å². The lowest BCUT2D eigenvalue weighted by molar-refractivity contribution is 0.210. The molecular formula is C20H21ClN4O. The van der Waals surface area contributed by atoms with E-state index < -0.39 is 0 Å². The molecule has 134 valence electrons. The van der Waals surface area contributed by atoms with Gasteiger partial charge in [0.25, 0.3) is 0 Å². The average Bonchev–Trinajstić information content (AvgIpc) is 2.65. The van der Waals surface area contributed by atoms with Crippen molar-refractivity contribution in [3.05, 3.63) is 65.2 Å². The van der Waals surface area contributed by atoms with Crippen LogP contribution in [-0.4, -0.2) is 30.2 Å². The Morgan fingerprint density at radius 3 is 2.58 bits per heavy atom. The van der Waals surface area contributed by atoms with Crippen molar-refractivity contribution in [2.75, 3.05) is 30.9 Å². The Hall–Kier alpha value is -2.63. The second-order valence-electron chi connectivity index (χ2n) is 5.83. The molecule has 2 aromatic carbocycles. The molecule has 0 unspecified atom stereocenters. The third-order valence-corrected chi connectivity index (χ3v) is 4.07. The van der Waals surface area contributed by atoms with Crippen molar-refractivity contribution in [2.24, 2.45) is 0 Å². The first-order chi connectivity index (χ1) is 12.7. The number of aromatic nitrogens is 2. The number of methoxy groups -OCH3 is 1. The number of halogens is 1. The summed E-state index contributed by atoms with van der Waals surface area (Å²) in [5.41, 5.74) is 3.87. The summed E-state index contributed by atoms with van der Waals surface area (Å²) in [6.45, 7) is 3.22. The Balaban J connectivity index is 1.93. The summed E-state index contributed by atoms with van der Waals surface area (Å²) in [7, 11) is 1.67. The van der Waals surface area contributed by atoms with Crippen LogP contribution in [0, 0.1) is 6.92 Å². The minimum atomic E-state index is 0.553. The number of benzene rings is 2. The van der Waals surface area contributed by atoms with Gasteiger partial charge in [-0.2, -0.15) is 4.98 Å². The fourth-order valence-corrected chi connectivity index (χ4v) is 2.74. The van der Waals surface area contributed by atoms with Crippen LogP contribution in [0.1, 0.15) is 5.56 Å². The van der Waals surface area contributed by atoms with E-state index in [0.717, 1.165) is 22.5 Å². The standard InChI is InChI=1S/C20H21ClN4O/c1-14-12-16(21)8-9-17(14)23-19-13-18(15-6-4-3-5-7-15)24-20(25-19)22-10-11-26-2/h3-9,12-13H,10-11H2,1-2H3,(H2,22,23,24,25). The molecule has 0 aliphatic heterocycles. The smallest absolute Gasteiger partial charge is 0.225 e. The molecule has 0 fully saturated rings. The molecule has 26 heavy (non-hydrogen) atoms. The Labute approximate surface area is 158 Å². The molecule has 1 heterocycles. The van der Waals surface area contributed by atoms with Gasteiger partial charge in [0.1, 0.15) is 5.82 Å². The molecule has 0 radical (unpaired) electrons. The Kier molecular flexibility index (Phi) is 6.04. The molecule has 0 saturated carbocycles. The molecule has 5 nitrogen and oxygen atoms in total. The third-order valence-electron chi connectivity index (χ3n) is 3.84. The van der Waals surface area contributed by atoms with Gasteiger partial charge in [0.2, 0.25) is 5.95 Å². The third kappa shape index (κ3) is 4.71. The largest absolute Gasteiger partial charge is 0.383 e. The molecule has 0 aliphatic rings. The molecule has 3 rings (SSSR count). The molecule has 0 atom stereocenters. The quantitative estimate of drug-likeness (QED) is 0.580. The van der Waals surface area contributed by atoms with Gasteiger partial charge in [0, 0.05) is 36.0 Å².